The molecule has 1 aliphatic rings. The molecule has 136 valence electrons. The smallest absolute Gasteiger partial charge is 0.227 e. The highest BCUT2D eigenvalue weighted by Gasteiger charge is 2.15. The maximum Gasteiger partial charge on any atom is 0.227 e. The first-order chi connectivity index (χ1) is 12.6. The Hall–Kier alpha value is -2.58. The van der Waals surface area contributed by atoms with Gasteiger partial charge in [-0.15, -0.1) is 0 Å². The van der Waals surface area contributed by atoms with Crippen molar-refractivity contribution in [2.45, 2.75) is 26.2 Å². The fourth-order valence-electron chi connectivity index (χ4n) is 3.10. The molecule has 0 bridgehead atoms. The van der Waals surface area contributed by atoms with Crippen molar-refractivity contribution in [2.75, 3.05) is 38.1 Å². The van der Waals surface area contributed by atoms with Crippen molar-refractivity contribution < 1.29 is 4.52 Å². The molecule has 2 heterocycles. The zero-order valence-electron chi connectivity index (χ0n) is 15.8. The van der Waals surface area contributed by atoms with E-state index < -0.39 is 0 Å². The van der Waals surface area contributed by atoms with E-state index in [1.54, 1.807) is 0 Å². The minimum atomic E-state index is 0.381. The van der Waals surface area contributed by atoms with Crippen LogP contribution in [-0.2, 0) is 0 Å². The Morgan fingerprint density at radius 1 is 1.35 bits per heavy atom. The van der Waals surface area contributed by atoms with Gasteiger partial charge in [-0.3, -0.25) is 4.90 Å². The molecule has 0 aliphatic carbocycles. The molecule has 0 spiro atoms. The van der Waals surface area contributed by atoms with Gasteiger partial charge < -0.3 is 9.42 Å². The first kappa shape index (κ1) is 18.2. The van der Waals surface area contributed by atoms with E-state index >= 15 is 0 Å². The third kappa shape index (κ3) is 4.33. The molecule has 0 saturated carbocycles. The molecule has 0 fully saturated rings. The third-order valence-electron chi connectivity index (χ3n) is 4.89. The van der Waals surface area contributed by atoms with Crippen molar-refractivity contribution in [1.29, 1.82) is 5.26 Å². The van der Waals surface area contributed by atoms with Crippen LogP contribution in [0.2, 0.25) is 0 Å². The van der Waals surface area contributed by atoms with E-state index in [1.165, 1.54) is 11.1 Å². The van der Waals surface area contributed by atoms with Crippen LogP contribution in [0, 0.1) is 11.3 Å². The summed E-state index contributed by atoms with van der Waals surface area (Å²) in [5, 5.41) is 13.2. The number of likely N-dealkylation sites (N-methyl/N-ethyl adjacent to an activating group) is 1. The van der Waals surface area contributed by atoms with Crippen LogP contribution in [0.4, 0.5) is 5.88 Å². The Bertz CT molecular complexity index is 815. The molecule has 2 aromatic rings. The van der Waals surface area contributed by atoms with E-state index in [0.29, 0.717) is 5.92 Å². The van der Waals surface area contributed by atoms with Gasteiger partial charge in [-0.25, -0.2) is 0 Å². The number of rotatable bonds is 6. The van der Waals surface area contributed by atoms with E-state index in [-0.39, 0.29) is 0 Å². The second-order valence-electron chi connectivity index (χ2n) is 7.14. The Morgan fingerprint density at radius 2 is 2.19 bits per heavy atom. The normalized spacial score (nSPS) is 15.0. The van der Waals surface area contributed by atoms with Crippen LogP contribution in [0.15, 0.2) is 40.9 Å². The van der Waals surface area contributed by atoms with Crippen LogP contribution in [0.1, 0.15) is 43.0 Å². The molecular weight excluding hydrogens is 324 g/mol. The van der Waals surface area contributed by atoms with Crippen molar-refractivity contribution >= 4 is 11.5 Å². The number of hydrogen-bond donors (Lipinski definition) is 0. The molecule has 3 rings (SSSR count). The Kier molecular flexibility index (Phi) is 5.75. The van der Waals surface area contributed by atoms with Gasteiger partial charge in [0.1, 0.15) is 0 Å². The lowest BCUT2D eigenvalue weighted by Gasteiger charge is -2.28. The lowest BCUT2D eigenvalue weighted by molar-refractivity contribution is 0.305. The fraction of sp³-hybridized carbons (Fsp3) is 0.429. The van der Waals surface area contributed by atoms with Crippen molar-refractivity contribution in [1.82, 2.24) is 10.1 Å². The van der Waals surface area contributed by atoms with Crippen molar-refractivity contribution in [3.8, 4) is 6.07 Å². The van der Waals surface area contributed by atoms with Crippen molar-refractivity contribution in [3.63, 3.8) is 0 Å². The molecular formula is C21H26N4O. The predicted molar refractivity (Wildman–Crippen MR) is 104 cm³/mol. The number of anilines is 1. The maximum atomic E-state index is 9.06. The number of hydrogen-bond acceptors (Lipinski definition) is 5. The van der Waals surface area contributed by atoms with Gasteiger partial charge in [0.2, 0.25) is 5.88 Å². The Morgan fingerprint density at radius 3 is 2.85 bits per heavy atom. The monoisotopic (exact) mass is 350 g/mol. The van der Waals surface area contributed by atoms with Gasteiger partial charge in [-0.2, -0.15) is 5.26 Å². The number of nitrogens with zero attached hydrogens (tertiary/aromatic N) is 4. The predicted octanol–water partition coefficient (Wildman–Crippen LogP) is 3.90. The summed E-state index contributed by atoms with van der Waals surface area (Å²) in [5.74, 6) is 1.21. The third-order valence-corrected chi connectivity index (χ3v) is 4.89. The van der Waals surface area contributed by atoms with Crippen LogP contribution in [0.3, 0.4) is 0 Å². The maximum absolute atomic E-state index is 9.06. The van der Waals surface area contributed by atoms with Crippen molar-refractivity contribution in [2.24, 2.45) is 0 Å². The molecule has 26 heavy (non-hydrogen) atoms. The average molecular weight is 350 g/mol. The summed E-state index contributed by atoms with van der Waals surface area (Å²) in [5.41, 5.74) is 4.23. The summed E-state index contributed by atoms with van der Waals surface area (Å²) in [7, 11) is 2.04. The molecule has 0 radical (unpaired) electrons. The van der Waals surface area contributed by atoms with Gasteiger partial charge in [-0.1, -0.05) is 37.2 Å². The molecule has 0 N–H and O–H groups in total. The molecule has 0 amide bonds. The van der Waals surface area contributed by atoms with Gasteiger partial charge in [0, 0.05) is 39.3 Å². The van der Waals surface area contributed by atoms with Gasteiger partial charge >= 0.3 is 0 Å². The summed E-state index contributed by atoms with van der Waals surface area (Å²) in [6.45, 7) is 8.09. The largest absolute Gasteiger partial charge is 0.342 e. The van der Waals surface area contributed by atoms with Crippen LogP contribution < -0.4 is 4.90 Å². The van der Waals surface area contributed by atoms with Crippen LogP contribution in [0.5, 0.6) is 0 Å². The molecule has 1 aromatic heterocycles. The number of aromatic nitrogens is 1. The molecule has 0 atom stereocenters. The van der Waals surface area contributed by atoms with Gasteiger partial charge in [0.05, 0.1) is 17.3 Å². The van der Waals surface area contributed by atoms with Crippen molar-refractivity contribution in [3.05, 3.63) is 53.2 Å². The molecule has 0 saturated heterocycles. The summed E-state index contributed by atoms with van der Waals surface area (Å²) in [6.07, 6.45) is 3.30. The Labute approximate surface area is 155 Å². The summed E-state index contributed by atoms with van der Waals surface area (Å²) in [6, 6.07) is 12.1. The minimum Gasteiger partial charge on any atom is -0.342 e. The molecule has 5 nitrogen and oxygen atoms in total. The highest BCUT2D eigenvalue weighted by Crippen LogP contribution is 2.23. The highest BCUT2D eigenvalue weighted by molar-refractivity contribution is 5.67. The number of nitriles is 1. The number of benzene rings is 1. The first-order valence-corrected chi connectivity index (χ1v) is 9.16. The molecule has 0 unspecified atom stereocenters. The summed E-state index contributed by atoms with van der Waals surface area (Å²) in [4.78, 5) is 4.56. The molecule has 5 heteroatoms. The minimum absolute atomic E-state index is 0.381. The van der Waals surface area contributed by atoms with Crippen LogP contribution in [0.25, 0.3) is 5.57 Å². The summed E-state index contributed by atoms with van der Waals surface area (Å²) < 4.78 is 5.44. The lowest BCUT2D eigenvalue weighted by Crippen LogP contribution is -2.35. The highest BCUT2D eigenvalue weighted by atomic mass is 16.5. The fourth-order valence-corrected chi connectivity index (χ4v) is 3.10. The Balaban J connectivity index is 1.53. The van der Waals surface area contributed by atoms with Gasteiger partial charge in [0.15, 0.2) is 0 Å². The SMILES string of the molecule is CC(C)c1cc(N(C)CCN2CC=C(c3cccc(C#N)c3)CC2)on1. The van der Waals surface area contributed by atoms with Crippen LogP contribution >= 0.6 is 0 Å². The van der Waals surface area contributed by atoms with E-state index in [1.807, 2.05) is 31.3 Å². The first-order valence-electron chi connectivity index (χ1n) is 9.16. The van der Waals surface area contributed by atoms with E-state index in [9.17, 15) is 0 Å². The zero-order chi connectivity index (χ0) is 18.5. The summed E-state index contributed by atoms with van der Waals surface area (Å²) >= 11 is 0. The standard InChI is InChI=1S/C21H26N4O/c1-16(2)20-14-21(26-23-20)24(3)11-12-25-9-7-18(8-10-25)19-6-4-5-17(13-19)15-22/h4-7,13-14,16H,8-12H2,1-3H3. The quantitative estimate of drug-likeness (QED) is 0.791. The zero-order valence-corrected chi connectivity index (χ0v) is 15.8. The van der Waals surface area contributed by atoms with E-state index in [0.717, 1.165) is 49.7 Å². The topological polar surface area (TPSA) is 56.3 Å². The second kappa shape index (κ2) is 8.20. The van der Waals surface area contributed by atoms with Gasteiger partial charge in [-0.05, 0) is 35.6 Å². The molecule has 1 aliphatic heterocycles. The van der Waals surface area contributed by atoms with E-state index in [4.69, 9.17) is 9.78 Å². The lowest BCUT2D eigenvalue weighted by atomic mass is 9.98. The molecule has 1 aromatic carbocycles. The van der Waals surface area contributed by atoms with E-state index in [2.05, 4.69) is 47.0 Å². The van der Waals surface area contributed by atoms with Gasteiger partial charge in [0.25, 0.3) is 0 Å². The second-order valence-corrected chi connectivity index (χ2v) is 7.14. The average Bonchev–Trinajstić information content (AvgIpc) is 3.17. The van der Waals surface area contributed by atoms with Crippen LogP contribution in [-0.4, -0.2) is 43.3 Å².